The van der Waals surface area contributed by atoms with Crippen LogP contribution in [0.3, 0.4) is 0 Å². The Kier molecular flexibility index (Phi) is 8.88. The molecule has 1 aliphatic heterocycles. The predicted octanol–water partition coefficient (Wildman–Crippen LogP) is 7.45. The average molecular weight is 514 g/mol. The summed E-state index contributed by atoms with van der Waals surface area (Å²) in [5.74, 6) is 0.528. The van der Waals surface area contributed by atoms with Crippen LogP contribution in [0.15, 0.2) is 60.7 Å². The first-order chi connectivity index (χ1) is 18.3. The Labute approximate surface area is 226 Å². The van der Waals surface area contributed by atoms with Crippen LogP contribution >= 0.6 is 0 Å². The van der Waals surface area contributed by atoms with Gasteiger partial charge in [-0.05, 0) is 90.3 Å². The van der Waals surface area contributed by atoms with Crippen molar-refractivity contribution in [1.29, 1.82) is 0 Å². The Morgan fingerprint density at radius 2 is 1.58 bits per heavy atom. The van der Waals surface area contributed by atoms with Gasteiger partial charge in [0.1, 0.15) is 12.0 Å². The number of carbonyl (C=O) groups excluding carboxylic acids is 2. The summed E-state index contributed by atoms with van der Waals surface area (Å²) in [6.45, 7) is 11.4. The molecule has 0 amide bonds. The Bertz CT molecular complexity index is 1250. The van der Waals surface area contributed by atoms with Gasteiger partial charge in [-0.2, -0.15) is 0 Å². The Morgan fingerprint density at radius 1 is 0.921 bits per heavy atom. The molecule has 1 saturated heterocycles. The van der Waals surface area contributed by atoms with Crippen LogP contribution in [0.4, 0.5) is 5.69 Å². The molecule has 3 aromatic carbocycles. The summed E-state index contributed by atoms with van der Waals surface area (Å²) >= 11 is 0. The molecular formula is C33H39NO4. The highest BCUT2D eigenvalue weighted by Gasteiger charge is 2.21. The molecule has 0 N–H and O–H groups in total. The predicted molar refractivity (Wildman–Crippen MR) is 154 cm³/mol. The lowest BCUT2D eigenvalue weighted by Gasteiger charge is -2.24. The van der Waals surface area contributed by atoms with E-state index in [9.17, 15) is 9.59 Å². The van der Waals surface area contributed by atoms with Crippen LogP contribution in [0, 0.1) is 0 Å². The van der Waals surface area contributed by atoms with Crippen molar-refractivity contribution in [1.82, 2.24) is 0 Å². The number of ether oxygens (including phenoxy) is 2. The maximum absolute atomic E-state index is 12.9. The first-order valence-electron chi connectivity index (χ1n) is 13.7. The van der Waals surface area contributed by atoms with E-state index in [2.05, 4.69) is 68.1 Å². The zero-order valence-corrected chi connectivity index (χ0v) is 23.1. The number of nitrogens with zero attached hydrogens (tertiary/aromatic N) is 1. The van der Waals surface area contributed by atoms with Crippen LogP contribution in [0.2, 0.25) is 0 Å². The molecule has 0 spiro atoms. The maximum atomic E-state index is 12.9. The molecule has 1 heterocycles. The third-order valence-electron chi connectivity index (χ3n) is 7.01. The Balaban J connectivity index is 1.72. The first kappa shape index (κ1) is 27.4. The number of rotatable bonds is 10. The lowest BCUT2D eigenvalue weighted by Crippen LogP contribution is -2.17. The van der Waals surface area contributed by atoms with Crippen molar-refractivity contribution in [3.63, 3.8) is 0 Å². The summed E-state index contributed by atoms with van der Waals surface area (Å²) in [6, 6.07) is 20.7. The fourth-order valence-corrected chi connectivity index (χ4v) is 4.95. The van der Waals surface area contributed by atoms with Crippen molar-refractivity contribution in [3.8, 4) is 28.0 Å². The highest BCUT2D eigenvalue weighted by Crippen LogP contribution is 2.37. The van der Waals surface area contributed by atoms with Gasteiger partial charge < -0.3 is 19.2 Å². The molecule has 0 radical (unpaired) electrons. The lowest BCUT2D eigenvalue weighted by molar-refractivity contribution is -0.108. The van der Waals surface area contributed by atoms with Crippen LogP contribution in [-0.4, -0.2) is 38.6 Å². The van der Waals surface area contributed by atoms with Gasteiger partial charge in [0.25, 0.3) is 0 Å². The van der Waals surface area contributed by atoms with Gasteiger partial charge >= 0.3 is 5.97 Å². The van der Waals surface area contributed by atoms with Crippen molar-refractivity contribution in [2.45, 2.75) is 58.8 Å². The molecule has 5 heteroatoms. The molecule has 0 atom stereocenters. The van der Waals surface area contributed by atoms with E-state index in [1.165, 1.54) is 18.5 Å². The number of benzene rings is 3. The van der Waals surface area contributed by atoms with E-state index in [0.717, 1.165) is 52.9 Å². The van der Waals surface area contributed by atoms with Crippen molar-refractivity contribution < 1.29 is 19.1 Å². The van der Waals surface area contributed by atoms with E-state index in [0.29, 0.717) is 31.6 Å². The van der Waals surface area contributed by atoms with Gasteiger partial charge in [0.15, 0.2) is 0 Å². The molecule has 1 fully saturated rings. The summed E-state index contributed by atoms with van der Waals surface area (Å²) in [4.78, 5) is 25.9. The average Bonchev–Trinajstić information content (AvgIpc) is 3.46. The summed E-state index contributed by atoms with van der Waals surface area (Å²) in [5, 5.41) is 0. The summed E-state index contributed by atoms with van der Waals surface area (Å²) < 4.78 is 11.4. The summed E-state index contributed by atoms with van der Waals surface area (Å²) in [6.07, 6.45) is 4.59. The van der Waals surface area contributed by atoms with Gasteiger partial charge in [0.05, 0.1) is 18.8 Å². The molecule has 5 nitrogen and oxygen atoms in total. The standard InChI is InChI=1S/C33H39NO4/c1-5-37-32(36)28-16-12-25(22-29(28)24-10-14-27(15-11-24)34-18-6-7-19-34)26-13-17-31(38-21-9-8-20-35)30(23-26)33(2,3)4/h10-17,20,22-23H,5-9,18-19,21H2,1-4H3. The van der Waals surface area contributed by atoms with Gasteiger partial charge in [0.2, 0.25) is 0 Å². The topological polar surface area (TPSA) is 55.8 Å². The molecule has 3 aromatic rings. The second-order valence-corrected chi connectivity index (χ2v) is 10.8. The maximum Gasteiger partial charge on any atom is 0.338 e. The van der Waals surface area contributed by atoms with Gasteiger partial charge in [0, 0.05) is 30.8 Å². The first-order valence-corrected chi connectivity index (χ1v) is 13.7. The fraction of sp³-hybridized carbons (Fsp3) is 0.394. The molecule has 38 heavy (non-hydrogen) atoms. The second kappa shape index (κ2) is 12.3. The Hall–Kier alpha value is -3.60. The zero-order chi connectivity index (χ0) is 27.1. The number of hydrogen-bond acceptors (Lipinski definition) is 5. The molecular weight excluding hydrogens is 474 g/mol. The van der Waals surface area contributed by atoms with Gasteiger partial charge in [-0.3, -0.25) is 0 Å². The highest BCUT2D eigenvalue weighted by atomic mass is 16.5. The van der Waals surface area contributed by atoms with Crippen molar-refractivity contribution >= 4 is 17.9 Å². The Morgan fingerprint density at radius 3 is 2.24 bits per heavy atom. The monoisotopic (exact) mass is 513 g/mol. The van der Waals surface area contributed by atoms with Gasteiger partial charge in [-0.1, -0.05) is 45.0 Å². The minimum atomic E-state index is -0.313. The lowest BCUT2D eigenvalue weighted by atomic mass is 9.84. The van der Waals surface area contributed by atoms with Crippen LogP contribution in [0.5, 0.6) is 5.75 Å². The number of aldehydes is 1. The zero-order valence-electron chi connectivity index (χ0n) is 23.1. The molecule has 4 rings (SSSR count). The van der Waals surface area contributed by atoms with Crippen LogP contribution in [-0.2, 0) is 14.9 Å². The SMILES string of the molecule is CCOC(=O)c1ccc(-c2ccc(OCCCC=O)c(C(C)(C)C)c2)cc1-c1ccc(N2CCCC2)cc1. The molecule has 200 valence electrons. The quantitative estimate of drug-likeness (QED) is 0.160. The largest absolute Gasteiger partial charge is 0.493 e. The van der Waals surface area contributed by atoms with E-state index in [1.807, 2.05) is 25.1 Å². The molecule has 0 saturated carbocycles. The van der Waals surface area contributed by atoms with Crippen LogP contribution in [0.1, 0.15) is 69.3 Å². The molecule has 0 aliphatic carbocycles. The number of carbonyl (C=O) groups is 2. The minimum Gasteiger partial charge on any atom is -0.493 e. The summed E-state index contributed by atoms with van der Waals surface area (Å²) in [5.41, 5.74) is 6.69. The van der Waals surface area contributed by atoms with Gasteiger partial charge in [-0.25, -0.2) is 4.79 Å². The van der Waals surface area contributed by atoms with Gasteiger partial charge in [-0.15, -0.1) is 0 Å². The van der Waals surface area contributed by atoms with E-state index in [-0.39, 0.29) is 11.4 Å². The molecule has 0 unspecified atom stereocenters. The van der Waals surface area contributed by atoms with E-state index < -0.39 is 0 Å². The highest BCUT2D eigenvalue weighted by molar-refractivity contribution is 5.98. The fourth-order valence-electron chi connectivity index (χ4n) is 4.95. The number of hydrogen-bond donors (Lipinski definition) is 0. The number of esters is 1. The normalized spacial score (nSPS) is 13.4. The molecule has 0 aromatic heterocycles. The third-order valence-corrected chi connectivity index (χ3v) is 7.01. The minimum absolute atomic E-state index is 0.130. The number of anilines is 1. The van der Waals surface area contributed by atoms with Crippen molar-refractivity contribution in [2.75, 3.05) is 31.2 Å². The number of unbranched alkanes of at least 4 members (excludes halogenated alkanes) is 1. The van der Waals surface area contributed by atoms with Crippen molar-refractivity contribution in [3.05, 3.63) is 71.8 Å². The smallest absolute Gasteiger partial charge is 0.338 e. The van der Waals surface area contributed by atoms with E-state index in [4.69, 9.17) is 9.47 Å². The van der Waals surface area contributed by atoms with Crippen LogP contribution < -0.4 is 9.64 Å². The second-order valence-electron chi connectivity index (χ2n) is 10.8. The van der Waals surface area contributed by atoms with Crippen LogP contribution in [0.25, 0.3) is 22.3 Å². The van der Waals surface area contributed by atoms with E-state index in [1.54, 1.807) is 0 Å². The van der Waals surface area contributed by atoms with Crippen molar-refractivity contribution in [2.24, 2.45) is 0 Å². The third kappa shape index (κ3) is 6.45. The summed E-state index contributed by atoms with van der Waals surface area (Å²) in [7, 11) is 0. The molecule has 0 bridgehead atoms. The van der Waals surface area contributed by atoms with E-state index >= 15 is 0 Å². The molecule has 1 aliphatic rings.